The molecule has 1 aliphatic rings. The van der Waals surface area contributed by atoms with Crippen LogP contribution in [0.15, 0.2) is 36.8 Å². The molecule has 1 atom stereocenters. The zero-order valence-corrected chi connectivity index (χ0v) is 13.2. The lowest BCUT2D eigenvalue weighted by Gasteiger charge is -2.25. The van der Waals surface area contributed by atoms with Crippen molar-refractivity contribution < 1.29 is 14.3 Å². The number of carbonyl (C=O) groups is 1. The number of amides is 1. The summed E-state index contributed by atoms with van der Waals surface area (Å²) in [6.45, 7) is 5.20. The van der Waals surface area contributed by atoms with Crippen molar-refractivity contribution in [3.63, 3.8) is 0 Å². The Hall–Kier alpha value is -2.63. The summed E-state index contributed by atoms with van der Waals surface area (Å²) in [4.78, 5) is 20.3. The largest absolute Gasteiger partial charge is 0.486 e. The van der Waals surface area contributed by atoms with Crippen molar-refractivity contribution in [3.05, 3.63) is 48.0 Å². The number of benzene rings is 1. The number of carbonyl (C=O) groups excluding carboxylic acids is 1. The van der Waals surface area contributed by atoms with Gasteiger partial charge in [-0.15, -0.1) is 0 Å². The van der Waals surface area contributed by atoms with Crippen molar-refractivity contribution in [2.45, 2.75) is 19.9 Å². The van der Waals surface area contributed by atoms with Gasteiger partial charge in [-0.05, 0) is 23.6 Å². The molecule has 0 saturated heterocycles. The highest BCUT2D eigenvalue weighted by atomic mass is 16.6. The molecule has 1 unspecified atom stereocenters. The summed E-state index contributed by atoms with van der Waals surface area (Å²) in [7, 11) is 0. The van der Waals surface area contributed by atoms with Gasteiger partial charge in [-0.1, -0.05) is 19.9 Å². The van der Waals surface area contributed by atoms with E-state index >= 15 is 0 Å². The Kier molecular flexibility index (Phi) is 4.41. The maximum atomic E-state index is 12.4. The molecule has 2 heterocycles. The Morgan fingerprint density at radius 2 is 1.96 bits per heavy atom. The van der Waals surface area contributed by atoms with Crippen molar-refractivity contribution in [3.8, 4) is 11.5 Å². The SMILES string of the molecule is CC(C)C(NC(=O)c1cnccn1)c1ccc2c(c1)OCCO2. The van der Waals surface area contributed by atoms with Crippen LogP contribution in [0.25, 0.3) is 0 Å². The third-order valence-corrected chi connectivity index (χ3v) is 3.67. The average Bonchev–Trinajstić information content (AvgIpc) is 2.59. The lowest BCUT2D eigenvalue weighted by atomic mass is 9.95. The van der Waals surface area contributed by atoms with E-state index in [0.717, 1.165) is 11.3 Å². The van der Waals surface area contributed by atoms with Crippen LogP contribution in [0.2, 0.25) is 0 Å². The molecule has 0 fully saturated rings. The standard InChI is InChI=1S/C17H19N3O3/c1-11(2)16(20-17(21)13-10-18-5-6-19-13)12-3-4-14-15(9-12)23-8-7-22-14/h3-6,9-11,16H,7-8H2,1-2H3,(H,20,21). The van der Waals surface area contributed by atoms with Gasteiger partial charge in [0.2, 0.25) is 0 Å². The number of fused-ring (bicyclic) bond motifs is 1. The number of ether oxygens (including phenoxy) is 2. The fourth-order valence-electron chi connectivity index (χ4n) is 2.52. The van der Waals surface area contributed by atoms with Gasteiger partial charge >= 0.3 is 0 Å². The Morgan fingerprint density at radius 1 is 1.17 bits per heavy atom. The molecule has 2 aromatic rings. The first kappa shape index (κ1) is 15.3. The maximum Gasteiger partial charge on any atom is 0.271 e. The zero-order valence-electron chi connectivity index (χ0n) is 13.2. The zero-order chi connectivity index (χ0) is 16.2. The monoisotopic (exact) mass is 313 g/mol. The van der Waals surface area contributed by atoms with Crippen LogP contribution in [-0.4, -0.2) is 29.1 Å². The summed E-state index contributed by atoms with van der Waals surface area (Å²) in [5, 5.41) is 3.02. The number of hydrogen-bond donors (Lipinski definition) is 1. The van der Waals surface area contributed by atoms with Gasteiger partial charge in [0.25, 0.3) is 5.91 Å². The second-order valence-electron chi connectivity index (χ2n) is 5.69. The first-order valence-electron chi connectivity index (χ1n) is 7.61. The Labute approximate surface area is 134 Å². The minimum atomic E-state index is -0.244. The predicted molar refractivity (Wildman–Crippen MR) is 84.5 cm³/mol. The first-order chi connectivity index (χ1) is 11.1. The molecule has 3 rings (SSSR count). The van der Waals surface area contributed by atoms with E-state index in [0.29, 0.717) is 24.7 Å². The number of hydrogen-bond acceptors (Lipinski definition) is 5. The minimum Gasteiger partial charge on any atom is -0.486 e. The second kappa shape index (κ2) is 6.64. The lowest BCUT2D eigenvalue weighted by Crippen LogP contribution is -2.32. The molecule has 0 saturated carbocycles. The summed E-state index contributed by atoms with van der Waals surface area (Å²) in [5.74, 6) is 1.42. The van der Waals surface area contributed by atoms with Crippen LogP contribution >= 0.6 is 0 Å². The van der Waals surface area contributed by atoms with E-state index in [2.05, 4.69) is 29.1 Å². The van der Waals surface area contributed by atoms with E-state index in [1.807, 2.05) is 18.2 Å². The van der Waals surface area contributed by atoms with E-state index < -0.39 is 0 Å². The molecule has 0 radical (unpaired) electrons. The van der Waals surface area contributed by atoms with E-state index in [9.17, 15) is 4.79 Å². The Balaban J connectivity index is 1.83. The van der Waals surface area contributed by atoms with Crippen LogP contribution in [-0.2, 0) is 0 Å². The topological polar surface area (TPSA) is 73.3 Å². The van der Waals surface area contributed by atoms with E-state index in [-0.39, 0.29) is 17.9 Å². The minimum absolute atomic E-state index is 0.152. The molecular formula is C17H19N3O3. The third kappa shape index (κ3) is 3.41. The molecule has 1 aromatic carbocycles. The first-order valence-corrected chi connectivity index (χ1v) is 7.61. The highest BCUT2D eigenvalue weighted by Crippen LogP contribution is 2.34. The summed E-state index contributed by atoms with van der Waals surface area (Å²) >= 11 is 0. The molecule has 1 amide bonds. The van der Waals surface area contributed by atoms with Gasteiger partial charge < -0.3 is 14.8 Å². The smallest absolute Gasteiger partial charge is 0.271 e. The van der Waals surface area contributed by atoms with Crippen molar-refractivity contribution in [1.82, 2.24) is 15.3 Å². The number of aromatic nitrogens is 2. The number of nitrogens with zero attached hydrogens (tertiary/aromatic N) is 2. The molecule has 1 N–H and O–H groups in total. The Morgan fingerprint density at radius 3 is 2.65 bits per heavy atom. The molecule has 0 spiro atoms. The molecule has 0 bridgehead atoms. The molecule has 1 aromatic heterocycles. The van der Waals surface area contributed by atoms with E-state index in [1.165, 1.54) is 18.6 Å². The second-order valence-corrected chi connectivity index (χ2v) is 5.69. The molecule has 0 aliphatic carbocycles. The number of nitrogens with one attached hydrogen (secondary N) is 1. The van der Waals surface area contributed by atoms with Gasteiger partial charge in [0.1, 0.15) is 18.9 Å². The van der Waals surface area contributed by atoms with Gasteiger partial charge in [0.15, 0.2) is 11.5 Å². The molecule has 1 aliphatic heterocycles. The highest BCUT2D eigenvalue weighted by molar-refractivity contribution is 5.92. The molecule has 6 nitrogen and oxygen atoms in total. The summed E-state index contributed by atoms with van der Waals surface area (Å²) in [6, 6.07) is 5.61. The van der Waals surface area contributed by atoms with Gasteiger partial charge in [-0.2, -0.15) is 0 Å². The summed E-state index contributed by atoms with van der Waals surface area (Å²) in [5.41, 5.74) is 1.28. The normalized spacial score (nSPS) is 14.4. The van der Waals surface area contributed by atoms with Crippen molar-refractivity contribution >= 4 is 5.91 Å². The van der Waals surface area contributed by atoms with Crippen LogP contribution in [0.5, 0.6) is 11.5 Å². The lowest BCUT2D eigenvalue weighted by molar-refractivity contribution is 0.0920. The fourth-order valence-corrected chi connectivity index (χ4v) is 2.52. The van der Waals surface area contributed by atoms with Crippen LogP contribution in [0.4, 0.5) is 0 Å². The van der Waals surface area contributed by atoms with Gasteiger partial charge in [0, 0.05) is 12.4 Å². The van der Waals surface area contributed by atoms with Crippen molar-refractivity contribution in [2.24, 2.45) is 5.92 Å². The van der Waals surface area contributed by atoms with Gasteiger partial charge in [-0.25, -0.2) is 4.98 Å². The maximum absolute atomic E-state index is 12.4. The van der Waals surface area contributed by atoms with E-state index in [1.54, 1.807) is 0 Å². The van der Waals surface area contributed by atoms with Crippen LogP contribution in [0.1, 0.15) is 35.9 Å². The predicted octanol–water partition coefficient (Wildman–Crippen LogP) is 2.37. The molecular weight excluding hydrogens is 294 g/mol. The van der Waals surface area contributed by atoms with Crippen LogP contribution in [0, 0.1) is 5.92 Å². The van der Waals surface area contributed by atoms with Gasteiger partial charge in [-0.3, -0.25) is 9.78 Å². The summed E-state index contributed by atoms with van der Waals surface area (Å²) in [6.07, 6.45) is 4.50. The quantitative estimate of drug-likeness (QED) is 0.938. The number of rotatable bonds is 4. The molecule has 120 valence electrons. The van der Waals surface area contributed by atoms with E-state index in [4.69, 9.17) is 9.47 Å². The molecule has 6 heteroatoms. The van der Waals surface area contributed by atoms with Crippen LogP contribution in [0.3, 0.4) is 0 Å². The van der Waals surface area contributed by atoms with Crippen molar-refractivity contribution in [1.29, 1.82) is 0 Å². The summed E-state index contributed by atoms with van der Waals surface area (Å²) < 4.78 is 11.2. The average molecular weight is 313 g/mol. The van der Waals surface area contributed by atoms with Crippen LogP contribution < -0.4 is 14.8 Å². The Bertz CT molecular complexity index is 689. The third-order valence-electron chi connectivity index (χ3n) is 3.67. The fraction of sp³-hybridized carbons (Fsp3) is 0.353. The van der Waals surface area contributed by atoms with Crippen molar-refractivity contribution in [2.75, 3.05) is 13.2 Å². The van der Waals surface area contributed by atoms with Gasteiger partial charge in [0.05, 0.1) is 12.2 Å². The highest BCUT2D eigenvalue weighted by Gasteiger charge is 2.22. The molecule has 23 heavy (non-hydrogen) atoms.